The van der Waals surface area contributed by atoms with Gasteiger partial charge < -0.3 is 20.3 Å². The van der Waals surface area contributed by atoms with Crippen molar-refractivity contribution in [3.63, 3.8) is 0 Å². The van der Waals surface area contributed by atoms with Crippen LogP contribution < -0.4 is 5.32 Å². The number of hydrogen-bond acceptors (Lipinski definition) is 4. The number of aryl methyl sites for hydroxylation is 1. The molecule has 3 N–H and O–H groups in total. The van der Waals surface area contributed by atoms with Gasteiger partial charge in [-0.1, -0.05) is 12.1 Å². The van der Waals surface area contributed by atoms with Gasteiger partial charge in [0.25, 0.3) is 0 Å². The number of ether oxygens (including phenoxy) is 1. The molecule has 0 radical (unpaired) electrons. The van der Waals surface area contributed by atoms with Gasteiger partial charge in [-0.25, -0.2) is 9.59 Å². The molecule has 0 fully saturated rings. The van der Waals surface area contributed by atoms with E-state index in [2.05, 4.69) is 10.1 Å². The summed E-state index contributed by atoms with van der Waals surface area (Å²) in [6.45, 7) is 0. The SMILES string of the molecule is COC(=O)C(CCc1ccc(O)cc1)NC(=O)O. The second-order valence-corrected chi connectivity index (χ2v) is 3.73. The Kier molecular flexibility index (Phi) is 4.98. The van der Waals surface area contributed by atoms with Crippen LogP contribution in [0, 0.1) is 0 Å². The molecule has 0 saturated carbocycles. The topological polar surface area (TPSA) is 95.9 Å². The Hall–Kier alpha value is -2.24. The van der Waals surface area contributed by atoms with Crippen molar-refractivity contribution >= 4 is 12.1 Å². The molecule has 0 spiro atoms. The van der Waals surface area contributed by atoms with E-state index in [0.29, 0.717) is 12.8 Å². The van der Waals surface area contributed by atoms with Gasteiger partial charge in [-0.3, -0.25) is 0 Å². The van der Waals surface area contributed by atoms with Crippen LogP contribution in [0.25, 0.3) is 0 Å². The van der Waals surface area contributed by atoms with Crippen LogP contribution in [0.4, 0.5) is 4.79 Å². The zero-order chi connectivity index (χ0) is 13.5. The fraction of sp³-hybridized carbons (Fsp3) is 0.333. The normalized spacial score (nSPS) is 11.6. The number of hydrogen-bond donors (Lipinski definition) is 3. The van der Waals surface area contributed by atoms with Gasteiger partial charge in [0, 0.05) is 0 Å². The number of carboxylic acid groups (broad SMARTS) is 1. The van der Waals surface area contributed by atoms with Gasteiger partial charge in [0.1, 0.15) is 11.8 Å². The molecule has 0 aliphatic carbocycles. The number of phenolic OH excluding ortho intramolecular Hbond substituents is 1. The Morgan fingerprint density at radius 2 is 1.94 bits per heavy atom. The monoisotopic (exact) mass is 253 g/mol. The lowest BCUT2D eigenvalue weighted by Crippen LogP contribution is -2.41. The lowest BCUT2D eigenvalue weighted by atomic mass is 10.1. The first-order valence-corrected chi connectivity index (χ1v) is 5.38. The third-order valence-electron chi connectivity index (χ3n) is 2.44. The average molecular weight is 253 g/mol. The van der Waals surface area contributed by atoms with Crippen LogP contribution in [0.15, 0.2) is 24.3 Å². The average Bonchev–Trinajstić information content (AvgIpc) is 2.35. The summed E-state index contributed by atoms with van der Waals surface area (Å²) in [7, 11) is 1.21. The van der Waals surface area contributed by atoms with E-state index >= 15 is 0 Å². The lowest BCUT2D eigenvalue weighted by Gasteiger charge is -2.14. The second kappa shape index (κ2) is 6.48. The van der Waals surface area contributed by atoms with Crippen molar-refractivity contribution < 1.29 is 24.5 Å². The van der Waals surface area contributed by atoms with E-state index in [4.69, 9.17) is 10.2 Å². The van der Waals surface area contributed by atoms with Crippen molar-refractivity contribution in [3.8, 4) is 5.75 Å². The number of aromatic hydroxyl groups is 1. The number of carbonyl (C=O) groups is 2. The summed E-state index contributed by atoms with van der Waals surface area (Å²) in [5, 5.41) is 19.8. The molecule has 1 amide bonds. The van der Waals surface area contributed by atoms with Crippen molar-refractivity contribution in [2.75, 3.05) is 7.11 Å². The third kappa shape index (κ3) is 4.32. The first-order chi connectivity index (χ1) is 8.52. The third-order valence-corrected chi connectivity index (χ3v) is 2.44. The molecule has 98 valence electrons. The number of rotatable bonds is 5. The summed E-state index contributed by atoms with van der Waals surface area (Å²) in [6.07, 6.45) is -0.472. The van der Waals surface area contributed by atoms with E-state index in [1.54, 1.807) is 12.1 Å². The minimum Gasteiger partial charge on any atom is -0.508 e. The van der Waals surface area contributed by atoms with E-state index < -0.39 is 18.1 Å². The van der Waals surface area contributed by atoms with E-state index in [9.17, 15) is 9.59 Å². The van der Waals surface area contributed by atoms with E-state index in [1.165, 1.54) is 19.2 Å². The van der Waals surface area contributed by atoms with Crippen LogP contribution in [-0.4, -0.2) is 35.4 Å². The largest absolute Gasteiger partial charge is 0.508 e. The van der Waals surface area contributed by atoms with Crippen LogP contribution in [0.5, 0.6) is 5.75 Å². The van der Waals surface area contributed by atoms with Gasteiger partial charge in [-0.15, -0.1) is 0 Å². The van der Waals surface area contributed by atoms with Crippen molar-refractivity contribution in [2.45, 2.75) is 18.9 Å². The van der Waals surface area contributed by atoms with Gasteiger partial charge in [-0.05, 0) is 30.5 Å². The van der Waals surface area contributed by atoms with Crippen LogP contribution >= 0.6 is 0 Å². The number of methoxy groups -OCH3 is 1. The van der Waals surface area contributed by atoms with Crippen molar-refractivity contribution in [3.05, 3.63) is 29.8 Å². The van der Waals surface area contributed by atoms with Crippen LogP contribution in [0.3, 0.4) is 0 Å². The van der Waals surface area contributed by atoms with Gasteiger partial charge in [0.15, 0.2) is 0 Å². The van der Waals surface area contributed by atoms with E-state index in [1.807, 2.05) is 0 Å². The molecule has 1 aromatic rings. The number of nitrogens with one attached hydrogen (secondary N) is 1. The fourth-order valence-electron chi connectivity index (χ4n) is 1.51. The highest BCUT2D eigenvalue weighted by Gasteiger charge is 2.20. The molecule has 0 heterocycles. The smallest absolute Gasteiger partial charge is 0.405 e. The Labute approximate surface area is 104 Å². The maximum atomic E-state index is 11.3. The molecule has 1 atom stereocenters. The molecule has 1 aromatic carbocycles. The minimum absolute atomic E-state index is 0.159. The Balaban J connectivity index is 2.58. The molecule has 1 unspecified atom stereocenters. The fourth-order valence-corrected chi connectivity index (χ4v) is 1.51. The van der Waals surface area contributed by atoms with Crippen LogP contribution in [0.1, 0.15) is 12.0 Å². The summed E-state index contributed by atoms with van der Waals surface area (Å²) in [5.74, 6) is -0.455. The Morgan fingerprint density at radius 3 is 2.44 bits per heavy atom. The highest BCUT2D eigenvalue weighted by Crippen LogP contribution is 2.12. The summed E-state index contributed by atoms with van der Waals surface area (Å²) in [5.41, 5.74) is 0.897. The van der Waals surface area contributed by atoms with E-state index in [0.717, 1.165) is 5.56 Å². The van der Waals surface area contributed by atoms with Crippen molar-refractivity contribution in [1.82, 2.24) is 5.32 Å². The zero-order valence-corrected chi connectivity index (χ0v) is 9.92. The summed E-state index contributed by atoms with van der Waals surface area (Å²) in [6, 6.07) is 5.61. The van der Waals surface area contributed by atoms with Gasteiger partial charge in [-0.2, -0.15) is 0 Å². The number of phenols is 1. The second-order valence-electron chi connectivity index (χ2n) is 3.73. The van der Waals surface area contributed by atoms with Gasteiger partial charge >= 0.3 is 12.1 Å². The standard InChI is InChI=1S/C12H15NO5/c1-18-11(15)10(13-12(16)17)7-4-8-2-5-9(14)6-3-8/h2-3,5-6,10,13-14H,4,7H2,1H3,(H,16,17). The minimum atomic E-state index is -1.27. The maximum absolute atomic E-state index is 11.3. The first kappa shape index (κ1) is 13.8. The predicted octanol–water partition coefficient (Wildman–Crippen LogP) is 1.13. The summed E-state index contributed by atoms with van der Waals surface area (Å²) < 4.78 is 4.52. The van der Waals surface area contributed by atoms with E-state index in [-0.39, 0.29) is 5.75 Å². The van der Waals surface area contributed by atoms with Crippen molar-refractivity contribution in [2.24, 2.45) is 0 Å². The van der Waals surface area contributed by atoms with Crippen molar-refractivity contribution in [1.29, 1.82) is 0 Å². The number of carbonyl (C=O) groups excluding carboxylic acids is 1. The molecular formula is C12H15NO5. The van der Waals surface area contributed by atoms with Gasteiger partial charge in [0.05, 0.1) is 7.11 Å². The molecule has 0 aromatic heterocycles. The molecule has 6 heteroatoms. The quantitative estimate of drug-likeness (QED) is 0.684. The molecule has 1 rings (SSSR count). The zero-order valence-electron chi connectivity index (χ0n) is 9.92. The predicted molar refractivity (Wildman–Crippen MR) is 63.4 cm³/mol. The Morgan fingerprint density at radius 1 is 1.33 bits per heavy atom. The highest BCUT2D eigenvalue weighted by atomic mass is 16.5. The molecule has 0 saturated heterocycles. The highest BCUT2D eigenvalue weighted by molar-refractivity contribution is 5.80. The molecule has 0 aliphatic rings. The van der Waals surface area contributed by atoms with Crippen LogP contribution in [0.2, 0.25) is 0 Å². The molecule has 6 nitrogen and oxygen atoms in total. The number of esters is 1. The number of amides is 1. The molecule has 0 aliphatic heterocycles. The molecule has 0 bridgehead atoms. The summed E-state index contributed by atoms with van der Waals surface area (Å²) >= 11 is 0. The van der Waals surface area contributed by atoms with Gasteiger partial charge in [0.2, 0.25) is 0 Å². The molecular weight excluding hydrogens is 238 g/mol. The lowest BCUT2D eigenvalue weighted by molar-refractivity contribution is -0.143. The maximum Gasteiger partial charge on any atom is 0.405 e. The molecule has 18 heavy (non-hydrogen) atoms. The number of benzene rings is 1. The van der Waals surface area contributed by atoms with Crippen LogP contribution in [-0.2, 0) is 16.0 Å². The first-order valence-electron chi connectivity index (χ1n) is 5.38. The summed E-state index contributed by atoms with van der Waals surface area (Å²) in [4.78, 5) is 21.9. The Bertz CT molecular complexity index is 415.